The van der Waals surface area contributed by atoms with E-state index in [4.69, 9.17) is 0 Å². The predicted molar refractivity (Wildman–Crippen MR) is 82.1 cm³/mol. The Kier molecular flexibility index (Phi) is 3.39. The van der Waals surface area contributed by atoms with Gasteiger partial charge in [-0.05, 0) is 57.4 Å². The largest absolute Gasteiger partial charge is 0.385 e. The van der Waals surface area contributed by atoms with Gasteiger partial charge in [0.1, 0.15) is 0 Å². The Morgan fingerprint density at radius 2 is 2.00 bits per heavy atom. The first-order valence-electron chi connectivity index (χ1n) is 5.80. The Hall–Kier alpha value is -0.160. The zero-order chi connectivity index (χ0) is 12.8. The van der Waals surface area contributed by atoms with E-state index in [1.54, 1.807) is 11.3 Å². The van der Waals surface area contributed by atoms with Crippen LogP contribution in [0.4, 0.5) is 0 Å². The molecule has 1 atom stereocenters. The van der Waals surface area contributed by atoms with Gasteiger partial charge in [-0.15, -0.1) is 0 Å². The zero-order valence-electron chi connectivity index (χ0n) is 9.62. The van der Waals surface area contributed by atoms with Crippen molar-refractivity contribution in [2.75, 3.05) is 0 Å². The Bertz CT molecular complexity index is 593. The molecule has 1 aliphatic rings. The molecule has 94 valence electrons. The summed E-state index contributed by atoms with van der Waals surface area (Å²) in [6.07, 6.45) is 2.41. The summed E-state index contributed by atoms with van der Waals surface area (Å²) in [4.78, 5) is 0. The first-order chi connectivity index (χ1) is 8.58. The minimum absolute atomic E-state index is 0.699. The quantitative estimate of drug-likeness (QED) is 0.754. The molecule has 1 aliphatic carbocycles. The first-order valence-corrected chi connectivity index (χ1v) is 8.33. The van der Waals surface area contributed by atoms with E-state index in [0.717, 1.165) is 27.4 Å². The van der Waals surface area contributed by atoms with Gasteiger partial charge in [0, 0.05) is 26.3 Å². The van der Waals surface area contributed by atoms with Crippen molar-refractivity contribution in [2.45, 2.75) is 24.9 Å². The van der Waals surface area contributed by atoms with Crippen LogP contribution in [0.15, 0.2) is 37.9 Å². The Morgan fingerprint density at radius 3 is 2.72 bits per heavy atom. The molecule has 0 bridgehead atoms. The molecule has 0 fully saturated rings. The van der Waals surface area contributed by atoms with Crippen LogP contribution in [0.5, 0.6) is 0 Å². The number of rotatable bonds is 1. The molecular formula is C14H12Br2OS. The van der Waals surface area contributed by atoms with Gasteiger partial charge in [-0.1, -0.05) is 22.0 Å². The fourth-order valence-corrected chi connectivity index (χ4v) is 4.75. The van der Waals surface area contributed by atoms with Gasteiger partial charge in [-0.2, -0.15) is 11.3 Å². The van der Waals surface area contributed by atoms with Crippen LogP contribution in [0, 0.1) is 0 Å². The number of hydrogen-bond acceptors (Lipinski definition) is 2. The molecule has 1 nitrogen and oxygen atoms in total. The normalized spacial score (nSPS) is 22.8. The van der Waals surface area contributed by atoms with E-state index in [9.17, 15) is 5.11 Å². The van der Waals surface area contributed by atoms with Gasteiger partial charge in [0.05, 0.1) is 5.60 Å². The van der Waals surface area contributed by atoms with Crippen molar-refractivity contribution in [3.05, 3.63) is 54.6 Å². The highest BCUT2D eigenvalue weighted by molar-refractivity contribution is 9.10. The van der Waals surface area contributed by atoms with E-state index < -0.39 is 5.60 Å². The lowest BCUT2D eigenvalue weighted by molar-refractivity contribution is 0.0220. The molecule has 1 unspecified atom stereocenters. The van der Waals surface area contributed by atoms with Gasteiger partial charge in [0.2, 0.25) is 0 Å². The summed E-state index contributed by atoms with van der Waals surface area (Å²) in [7, 11) is 0. The maximum absolute atomic E-state index is 10.9. The smallest absolute Gasteiger partial charge is 0.0958 e. The second-order valence-corrected chi connectivity index (χ2v) is 7.27. The topological polar surface area (TPSA) is 20.2 Å². The summed E-state index contributed by atoms with van der Waals surface area (Å²) in [5.41, 5.74) is 2.91. The van der Waals surface area contributed by atoms with E-state index in [1.165, 1.54) is 11.1 Å². The minimum Gasteiger partial charge on any atom is -0.385 e. The van der Waals surface area contributed by atoms with Crippen LogP contribution in [0.3, 0.4) is 0 Å². The lowest BCUT2D eigenvalue weighted by atomic mass is 9.77. The van der Waals surface area contributed by atoms with Crippen LogP contribution in [0.1, 0.15) is 23.1 Å². The summed E-state index contributed by atoms with van der Waals surface area (Å²) in [5.74, 6) is 0. The maximum atomic E-state index is 10.9. The summed E-state index contributed by atoms with van der Waals surface area (Å²) in [6, 6.07) is 6.33. The SMILES string of the molecule is OC1(c2cscc2Br)CCc2cc(Br)ccc2C1. The second-order valence-electron chi connectivity index (χ2n) is 4.75. The molecule has 18 heavy (non-hydrogen) atoms. The van der Waals surface area contributed by atoms with Gasteiger partial charge in [0.25, 0.3) is 0 Å². The highest BCUT2D eigenvalue weighted by Gasteiger charge is 2.35. The molecule has 0 saturated heterocycles. The number of hydrogen-bond donors (Lipinski definition) is 1. The highest BCUT2D eigenvalue weighted by Crippen LogP contribution is 2.41. The van der Waals surface area contributed by atoms with E-state index in [0.29, 0.717) is 6.42 Å². The van der Waals surface area contributed by atoms with Crippen LogP contribution in [0.2, 0.25) is 0 Å². The van der Waals surface area contributed by atoms with Crippen molar-refractivity contribution >= 4 is 43.2 Å². The zero-order valence-corrected chi connectivity index (χ0v) is 13.6. The van der Waals surface area contributed by atoms with Crippen LogP contribution in [-0.4, -0.2) is 5.11 Å². The molecule has 0 aliphatic heterocycles. The van der Waals surface area contributed by atoms with Crippen LogP contribution in [-0.2, 0) is 18.4 Å². The minimum atomic E-state index is -0.723. The molecule has 2 aromatic rings. The molecule has 1 aromatic heterocycles. The average Bonchev–Trinajstić information content (AvgIpc) is 2.77. The molecule has 1 aromatic carbocycles. The molecule has 4 heteroatoms. The van der Waals surface area contributed by atoms with Gasteiger partial charge < -0.3 is 5.11 Å². The molecule has 0 amide bonds. The van der Waals surface area contributed by atoms with Gasteiger partial charge >= 0.3 is 0 Å². The number of halogens is 2. The standard InChI is InChI=1S/C14H12Br2OS/c15-11-2-1-10-6-14(17,4-3-9(10)5-11)12-7-18-8-13(12)16/h1-2,5,7-8,17H,3-4,6H2. The van der Waals surface area contributed by atoms with Crippen molar-refractivity contribution in [3.63, 3.8) is 0 Å². The van der Waals surface area contributed by atoms with Gasteiger partial charge in [-0.25, -0.2) is 0 Å². The van der Waals surface area contributed by atoms with Crippen LogP contribution >= 0.6 is 43.2 Å². The summed E-state index contributed by atoms with van der Waals surface area (Å²) in [5, 5.41) is 15.0. The summed E-state index contributed by atoms with van der Waals surface area (Å²) < 4.78 is 2.14. The average molecular weight is 388 g/mol. The number of aliphatic hydroxyl groups is 1. The Labute approximate surface area is 127 Å². The summed E-state index contributed by atoms with van der Waals surface area (Å²) >= 11 is 8.66. The number of benzene rings is 1. The monoisotopic (exact) mass is 386 g/mol. The molecule has 0 spiro atoms. The Balaban J connectivity index is 1.99. The lowest BCUT2D eigenvalue weighted by Crippen LogP contribution is -2.33. The summed E-state index contributed by atoms with van der Waals surface area (Å²) in [6.45, 7) is 0. The molecular weight excluding hydrogens is 376 g/mol. The van der Waals surface area contributed by atoms with Crippen molar-refractivity contribution < 1.29 is 5.11 Å². The van der Waals surface area contributed by atoms with Crippen LogP contribution < -0.4 is 0 Å². The maximum Gasteiger partial charge on any atom is 0.0958 e. The van der Waals surface area contributed by atoms with E-state index >= 15 is 0 Å². The molecule has 0 radical (unpaired) electrons. The van der Waals surface area contributed by atoms with Gasteiger partial charge in [0.15, 0.2) is 0 Å². The second kappa shape index (κ2) is 4.75. The molecule has 3 rings (SSSR count). The van der Waals surface area contributed by atoms with Crippen molar-refractivity contribution in [3.8, 4) is 0 Å². The number of fused-ring (bicyclic) bond motifs is 1. The molecule has 1 heterocycles. The first kappa shape index (κ1) is 12.9. The van der Waals surface area contributed by atoms with Crippen molar-refractivity contribution in [1.29, 1.82) is 0 Å². The van der Waals surface area contributed by atoms with E-state index in [1.807, 2.05) is 16.8 Å². The third kappa shape index (κ3) is 2.20. The third-order valence-electron chi connectivity index (χ3n) is 3.58. The number of aryl methyl sites for hydroxylation is 1. The lowest BCUT2D eigenvalue weighted by Gasteiger charge is -2.33. The predicted octanol–water partition coefficient (Wildman–Crippen LogP) is 4.65. The van der Waals surface area contributed by atoms with Crippen molar-refractivity contribution in [1.82, 2.24) is 0 Å². The third-order valence-corrected chi connectivity index (χ3v) is 5.77. The molecule has 1 N–H and O–H groups in total. The number of thiophene rings is 1. The fraction of sp³-hybridized carbons (Fsp3) is 0.286. The Morgan fingerprint density at radius 1 is 1.17 bits per heavy atom. The van der Waals surface area contributed by atoms with Crippen LogP contribution in [0.25, 0.3) is 0 Å². The molecule has 0 saturated carbocycles. The highest BCUT2D eigenvalue weighted by atomic mass is 79.9. The fourth-order valence-electron chi connectivity index (χ4n) is 2.59. The van der Waals surface area contributed by atoms with E-state index in [-0.39, 0.29) is 0 Å². The van der Waals surface area contributed by atoms with Crippen molar-refractivity contribution in [2.24, 2.45) is 0 Å². The van der Waals surface area contributed by atoms with Gasteiger partial charge in [-0.3, -0.25) is 0 Å². The van der Waals surface area contributed by atoms with E-state index in [2.05, 4.69) is 44.0 Å².